The Morgan fingerprint density at radius 2 is 1.57 bits per heavy atom. The van der Waals surface area contributed by atoms with Gasteiger partial charge in [-0.05, 0) is 48.6 Å². The number of nitrogens with zero attached hydrogens (tertiary/aromatic N) is 3. The van der Waals surface area contributed by atoms with Gasteiger partial charge in [-0.3, -0.25) is 14.5 Å². The van der Waals surface area contributed by atoms with Gasteiger partial charge in [0.05, 0.1) is 16.3 Å². The number of rotatable bonds is 6. The molecule has 2 fully saturated rings. The quantitative estimate of drug-likeness (QED) is 0.635. The van der Waals surface area contributed by atoms with Crippen molar-refractivity contribution < 1.29 is 18.0 Å². The van der Waals surface area contributed by atoms with Crippen molar-refractivity contribution in [1.29, 1.82) is 0 Å². The lowest BCUT2D eigenvalue weighted by molar-refractivity contribution is 0.0625. The van der Waals surface area contributed by atoms with Gasteiger partial charge in [-0.15, -0.1) is 11.3 Å². The number of piperazine rings is 1. The molecule has 2 saturated heterocycles. The molecule has 0 atom stereocenters. The molecule has 1 amide bonds. The molecule has 1 aromatic carbocycles. The summed E-state index contributed by atoms with van der Waals surface area (Å²) in [5.74, 6) is 0.00364. The molecule has 1 aromatic heterocycles. The molecule has 0 unspecified atom stereocenters. The lowest BCUT2D eigenvalue weighted by Gasteiger charge is -2.34. The van der Waals surface area contributed by atoms with Crippen LogP contribution in [0.2, 0.25) is 0 Å². The fourth-order valence-corrected chi connectivity index (χ4v) is 6.03. The van der Waals surface area contributed by atoms with Gasteiger partial charge in [0, 0.05) is 44.8 Å². The maximum atomic E-state index is 12.8. The zero-order valence-electron chi connectivity index (χ0n) is 16.7. The van der Waals surface area contributed by atoms with Gasteiger partial charge in [-0.2, -0.15) is 4.31 Å². The maximum absolute atomic E-state index is 12.8. The number of hydrogen-bond acceptors (Lipinski definition) is 6. The normalized spacial score (nSPS) is 18.6. The van der Waals surface area contributed by atoms with Gasteiger partial charge in [-0.1, -0.05) is 6.07 Å². The van der Waals surface area contributed by atoms with Crippen LogP contribution in [0.25, 0.3) is 0 Å². The Balaban J connectivity index is 1.33. The molecule has 2 aliphatic heterocycles. The molecular formula is C21H25N3O4S2. The molecule has 7 nitrogen and oxygen atoms in total. The second-order valence-corrected chi connectivity index (χ2v) is 10.5. The molecule has 0 spiro atoms. The third-order valence-corrected chi connectivity index (χ3v) is 8.45. The highest BCUT2D eigenvalue weighted by Gasteiger charge is 2.28. The standard InChI is InChI=1S/C21H25N3O4S2/c25-19(20-4-3-15-29-20)16-22-11-13-23(14-12-22)21(26)17-5-7-18(8-6-17)30(27,28)24-9-1-2-10-24/h3-8,15H,1-2,9-14,16H2. The number of carbonyl (C=O) groups is 2. The van der Waals surface area contributed by atoms with Crippen molar-refractivity contribution in [1.82, 2.24) is 14.1 Å². The van der Waals surface area contributed by atoms with Gasteiger partial charge in [0.1, 0.15) is 0 Å². The summed E-state index contributed by atoms with van der Waals surface area (Å²) in [6.07, 6.45) is 1.78. The van der Waals surface area contributed by atoms with E-state index in [1.165, 1.54) is 27.8 Å². The van der Waals surface area contributed by atoms with Crippen LogP contribution in [0.5, 0.6) is 0 Å². The van der Waals surface area contributed by atoms with Gasteiger partial charge < -0.3 is 4.90 Å². The van der Waals surface area contributed by atoms with Gasteiger partial charge in [0.25, 0.3) is 5.91 Å². The molecule has 3 heterocycles. The van der Waals surface area contributed by atoms with E-state index in [0.29, 0.717) is 51.4 Å². The fraction of sp³-hybridized carbons (Fsp3) is 0.429. The van der Waals surface area contributed by atoms with E-state index in [9.17, 15) is 18.0 Å². The molecular weight excluding hydrogens is 422 g/mol. The van der Waals surface area contributed by atoms with Crippen LogP contribution in [0.15, 0.2) is 46.7 Å². The minimum absolute atomic E-state index is 0.107. The van der Waals surface area contributed by atoms with Crippen LogP contribution in [0, 0.1) is 0 Å². The van der Waals surface area contributed by atoms with E-state index >= 15 is 0 Å². The third-order valence-electron chi connectivity index (χ3n) is 5.63. The molecule has 0 bridgehead atoms. The van der Waals surface area contributed by atoms with Crippen molar-refractivity contribution >= 4 is 33.1 Å². The second-order valence-electron chi connectivity index (χ2n) is 7.60. The highest BCUT2D eigenvalue weighted by molar-refractivity contribution is 7.89. The minimum Gasteiger partial charge on any atom is -0.336 e. The summed E-state index contributed by atoms with van der Waals surface area (Å²) >= 11 is 1.45. The number of thiophene rings is 1. The molecule has 9 heteroatoms. The number of carbonyl (C=O) groups excluding carboxylic acids is 2. The van der Waals surface area contributed by atoms with E-state index in [1.807, 2.05) is 17.5 Å². The second kappa shape index (κ2) is 8.97. The first-order chi connectivity index (χ1) is 14.4. The van der Waals surface area contributed by atoms with E-state index < -0.39 is 10.0 Å². The summed E-state index contributed by atoms with van der Waals surface area (Å²) in [5, 5.41) is 1.89. The lowest BCUT2D eigenvalue weighted by atomic mass is 10.1. The summed E-state index contributed by atoms with van der Waals surface area (Å²) in [4.78, 5) is 29.9. The van der Waals surface area contributed by atoms with Crippen molar-refractivity contribution in [2.75, 3.05) is 45.8 Å². The average molecular weight is 448 g/mol. The van der Waals surface area contributed by atoms with Crippen molar-refractivity contribution in [3.63, 3.8) is 0 Å². The van der Waals surface area contributed by atoms with Crippen molar-refractivity contribution in [3.8, 4) is 0 Å². The molecule has 0 aliphatic carbocycles. The van der Waals surface area contributed by atoms with Crippen LogP contribution in [0.3, 0.4) is 0 Å². The monoisotopic (exact) mass is 447 g/mol. The van der Waals surface area contributed by atoms with Crippen molar-refractivity contribution in [3.05, 3.63) is 52.2 Å². The molecule has 2 aliphatic rings. The van der Waals surface area contributed by atoms with Crippen LogP contribution >= 0.6 is 11.3 Å². The number of benzene rings is 1. The molecule has 2 aromatic rings. The van der Waals surface area contributed by atoms with E-state index in [0.717, 1.165) is 17.7 Å². The third kappa shape index (κ3) is 4.49. The van der Waals surface area contributed by atoms with Gasteiger partial charge >= 0.3 is 0 Å². The van der Waals surface area contributed by atoms with E-state index in [2.05, 4.69) is 4.90 Å². The zero-order valence-corrected chi connectivity index (χ0v) is 18.3. The molecule has 160 valence electrons. The molecule has 0 N–H and O–H groups in total. The first-order valence-corrected chi connectivity index (χ1v) is 12.5. The van der Waals surface area contributed by atoms with E-state index in [1.54, 1.807) is 17.0 Å². The molecule has 0 saturated carbocycles. The summed E-state index contributed by atoms with van der Waals surface area (Å²) < 4.78 is 26.8. The minimum atomic E-state index is -3.47. The number of amides is 1. The zero-order chi connectivity index (χ0) is 21.1. The first kappa shape index (κ1) is 21.2. The van der Waals surface area contributed by atoms with Crippen molar-refractivity contribution in [2.24, 2.45) is 0 Å². The topological polar surface area (TPSA) is 78.0 Å². The summed E-state index contributed by atoms with van der Waals surface area (Å²) in [5.41, 5.74) is 0.485. The first-order valence-electron chi connectivity index (χ1n) is 10.1. The molecule has 4 rings (SSSR count). The van der Waals surface area contributed by atoms with Crippen LogP contribution in [0.4, 0.5) is 0 Å². The summed E-state index contributed by atoms with van der Waals surface area (Å²) in [7, 11) is -3.47. The Labute approximate surface area is 180 Å². The smallest absolute Gasteiger partial charge is 0.253 e. The Morgan fingerprint density at radius 3 is 2.17 bits per heavy atom. The SMILES string of the molecule is O=C(CN1CCN(C(=O)c2ccc(S(=O)(=O)N3CCCC3)cc2)CC1)c1cccs1. The van der Waals surface area contributed by atoms with Crippen LogP contribution < -0.4 is 0 Å². The Kier molecular flexibility index (Phi) is 6.33. The Morgan fingerprint density at radius 1 is 0.900 bits per heavy atom. The Hall–Kier alpha value is -2.07. The average Bonchev–Trinajstić information content (AvgIpc) is 3.48. The van der Waals surface area contributed by atoms with Gasteiger partial charge in [0.2, 0.25) is 10.0 Å². The van der Waals surface area contributed by atoms with E-state index in [-0.39, 0.29) is 16.6 Å². The molecule has 0 radical (unpaired) electrons. The summed E-state index contributed by atoms with van der Waals surface area (Å²) in [6, 6.07) is 9.94. The van der Waals surface area contributed by atoms with E-state index in [4.69, 9.17) is 0 Å². The van der Waals surface area contributed by atoms with Crippen LogP contribution in [-0.2, 0) is 10.0 Å². The number of sulfonamides is 1. The predicted octanol–water partition coefficient (Wildman–Crippen LogP) is 2.17. The Bertz CT molecular complexity index is 989. The fourth-order valence-electron chi connectivity index (χ4n) is 3.86. The van der Waals surface area contributed by atoms with Crippen LogP contribution in [0.1, 0.15) is 32.9 Å². The largest absolute Gasteiger partial charge is 0.336 e. The highest BCUT2D eigenvalue weighted by atomic mass is 32.2. The lowest BCUT2D eigenvalue weighted by Crippen LogP contribution is -2.49. The predicted molar refractivity (Wildman–Crippen MR) is 115 cm³/mol. The highest BCUT2D eigenvalue weighted by Crippen LogP contribution is 2.21. The number of ketones is 1. The van der Waals surface area contributed by atoms with Crippen LogP contribution in [-0.4, -0.2) is 80.0 Å². The number of hydrogen-bond donors (Lipinski definition) is 0. The number of Topliss-reactive ketones (excluding diaryl/α,β-unsaturated/α-hetero) is 1. The van der Waals surface area contributed by atoms with Gasteiger partial charge in [0.15, 0.2) is 5.78 Å². The maximum Gasteiger partial charge on any atom is 0.253 e. The van der Waals surface area contributed by atoms with Crippen molar-refractivity contribution in [2.45, 2.75) is 17.7 Å². The summed E-state index contributed by atoms with van der Waals surface area (Å²) in [6.45, 7) is 3.86. The molecule has 30 heavy (non-hydrogen) atoms. The van der Waals surface area contributed by atoms with Gasteiger partial charge in [-0.25, -0.2) is 8.42 Å².